The molecule has 0 spiro atoms. The zero-order valence-electron chi connectivity index (χ0n) is 17.8. The summed E-state index contributed by atoms with van der Waals surface area (Å²) in [6.45, 7) is 4.28. The van der Waals surface area contributed by atoms with E-state index in [1.165, 1.54) is 23.5 Å². The predicted octanol–water partition coefficient (Wildman–Crippen LogP) is 4.64. The number of piperidine rings is 1. The van der Waals surface area contributed by atoms with Crippen LogP contribution in [0, 0.1) is 5.82 Å². The van der Waals surface area contributed by atoms with Crippen molar-refractivity contribution in [2.24, 2.45) is 0 Å². The minimum absolute atomic E-state index is 0.216. The molecule has 0 radical (unpaired) electrons. The van der Waals surface area contributed by atoms with E-state index in [0.717, 1.165) is 60.2 Å². The van der Waals surface area contributed by atoms with Gasteiger partial charge in [0.1, 0.15) is 12.4 Å². The van der Waals surface area contributed by atoms with Gasteiger partial charge >= 0.3 is 0 Å². The number of ether oxygens (including phenoxy) is 1. The van der Waals surface area contributed by atoms with E-state index < -0.39 is 0 Å². The van der Waals surface area contributed by atoms with Crippen LogP contribution in [0.25, 0.3) is 11.0 Å². The van der Waals surface area contributed by atoms with E-state index in [9.17, 15) is 4.39 Å². The molecule has 6 nitrogen and oxygen atoms in total. The van der Waals surface area contributed by atoms with Crippen LogP contribution < -0.4 is 10.1 Å². The highest BCUT2D eigenvalue weighted by molar-refractivity contribution is 7.11. The highest BCUT2D eigenvalue weighted by Crippen LogP contribution is 2.24. The maximum absolute atomic E-state index is 13.3. The van der Waals surface area contributed by atoms with E-state index in [0.29, 0.717) is 19.2 Å². The Morgan fingerprint density at radius 2 is 1.91 bits per heavy atom. The van der Waals surface area contributed by atoms with Gasteiger partial charge in [0.25, 0.3) is 5.19 Å². The number of fused-ring (bicyclic) bond motifs is 1. The minimum Gasteiger partial charge on any atom is -0.469 e. The van der Waals surface area contributed by atoms with Crippen LogP contribution in [0.1, 0.15) is 18.4 Å². The number of benzene rings is 2. The van der Waals surface area contributed by atoms with Crippen LogP contribution >= 0.6 is 11.3 Å². The number of rotatable bonds is 8. The van der Waals surface area contributed by atoms with Gasteiger partial charge in [-0.05, 0) is 42.7 Å². The number of likely N-dealkylation sites (tertiary alicyclic amines) is 1. The lowest BCUT2D eigenvalue weighted by Crippen LogP contribution is -2.41. The summed E-state index contributed by atoms with van der Waals surface area (Å²) in [6.07, 6.45) is 3.87. The second kappa shape index (κ2) is 9.67. The SMILES string of the molecule is Fc1ccc(Cn2c(NC3CCN(CCOc4nccs4)CC3)nc3ccccc32)cc1. The van der Waals surface area contributed by atoms with Gasteiger partial charge in [-0.25, -0.2) is 14.4 Å². The normalized spacial score (nSPS) is 15.3. The third-order valence-corrected chi connectivity index (χ3v) is 6.55. The molecule has 0 amide bonds. The fourth-order valence-corrected chi connectivity index (χ4v) is 4.66. The predicted molar refractivity (Wildman–Crippen MR) is 126 cm³/mol. The summed E-state index contributed by atoms with van der Waals surface area (Å²) in [4.78, 5) is 11.5. The van der Waals surface area contributed by atoms with E-state index in [2.05, 4.69) is 25.8 Å². The monoisotopic (exact) mass is 451 g/mol. The zero-order valence-corrected chi connectivity index (χ0v) is 18.6. The molecule has 1 saturated heterocycles. The second-order valence-electron chi connectivity index (χ2n) is 8.04. The number of para-hydroxylation sites is 2. The molecule has 0 bridgehead atoms. The number of hydrogen-bond acceptors (Lipinski definition) is 6. The summed E-state index contributed by atoms with van der Waals surface area (Å²) in [5.74, 6) is 0.660. The van der Waals surface area contributed by atoms with Crippen LogP contribution in [0.3, 0.4) is 0 Å². The van der Waals surface area contributed by atoms with Crippen LogP contribution in [0.2, 0.25) is 0 Å². The van der Waals surface area contributed by atoms with Crippen molar-refractivity contribution in [2.45, 2.75) is 25.4 Å². The molecule has 5 rings (SSSR count). The molecule has 1 aliphatic rings. The Morgan fingerprint density at radius 1 is 1.09 bits per heavy atom. The van der Waals surface area contributed by atoms with Crippen LogP contribution in [-0.2, 0) is 6.54 Å². The first kappa shape index (κ1) is 20.9. The summed E-state index contributed by atoms with van der Waals surface area (Å²) >= 11 is 1.53. The summed E-state index contributed by atoms with van der Waals surface area (Å²) in [5, 5.41) is 6.35. The Morgan fingerprint density at radius 3 is 2.69 bits per heavy atom. The molecule has 1 N–H and O–H groups in total. The molecular weight excluding hydrogens is 425 g/mol. The van der Waals surface area contributed by atoms with E-state index >= 15 is 0 Å². The molecule has 32 heavy (non-hydrogen) atoms. The number of aromatic nitrogens is 3. The molecule has 1 fully saturated rings. The summed E-state index contributed by atoms with van der Waals surface area (Å²) in [5.41, 5.74) is 3.10. The first-order chi connectivity index (χ1) is 15.7. The quantitative estimate of drug-likeness (QED) is 0.423. The molecule has 1 aliphatic heterocycles. The maximum Gasteiger partial charge on any atom is 0.273 e. The Labute approximate surface area is 190 Å². The fourth-order valence-electron chi connectivity index (χ4n) is 4.15. The van der Waals surface area contributed by atoms with E-state index in [1.807, 2.05) is 35.7 Å². The standard InChI is InChI=1S/C24H26FN5OS/c25-19-7-5-18(6-8-19)17-30-22-4-2-1-3-21(22)28-23(30)27-20-9-12-29(13-10-20)14-15-31-24-26-11-16-32-24/h1-8,11,16,20H,9-10,12-15,17H2,(H,27,28). The van der Waals surface area contributed by atoms with Gasteiger partial charge in [0.15, 0.2) is 0 Å². The van der Waals surface area contributed by atoms with Crippen molar-refractivity contribution in [1.82, 2.24) is 19.4 Å². The Balaban J connectivity index is 1.22. The van der Waals surface area contributed by atoms with Crippen LogP contribution in [0.4, 0.5) is 10.3 Å². The van der Waals surface area contributed by atoms with Crippen molar-refractivity contribution in [1.29, 1.82) is 0 Å². The van der Waals surface area contributed by atoms with Gasteiger partial charge in [-0.2, -0.15) is 0 Å². The average molecular weight is 452 g/mol. The van der Waals surface area contributed by atoms with Gasteiger partial charge in [-0.15, -0.1) is 0 Å². The van der Waals surface area contributed by atoms with E-state index in [1.54, 1.807) is 6.20 Å². The molecule has 8 heteroatoms. The van der Waals surface area contributed by atoms with Crippen molar-refractivity contribution in [3.05, 3.63) is 71.5 Å². The zero-order chi connectivity index (χ0) is 21.8. The first-order valence-corrected chi connectivity index (χ1v) is 11.8. The van der Waals surface area contributed by atoms with Gasteiger partial charge in [0, 0.05) is 37.3 Å². The lowest BCUT2D eigenvalue weighted by atomic mass is 10.1. The van der Waals surface area contributed by atoms with Crippen molar-refractivity contribution >= 4 is 28.3 Å². The molecular formula is C24H26FN5OS. The van der Waals surface area contributed by atoms with Gasteiger partial charge in [0.2, 0.25) is 5.95 Å². The first-order valence-electron chi connectivity index (χ1n) is 11.0. The summed E-state index contributed by atoms with van der Waals surface area (Å²) < 4.78 is 21.2. The Kier molecular flexibility index (Phi) is 6.31. The van der Waals surface area contributed by atoms with Crippen LogP contribution in [-0.4, -0.2) is 51.7 Å². The number of hydrogen-bond donors (Lipinski definition) is 1. The molecule has 166 valence electrons. The maximum atomic E-state index is 13.3. The van der Waals surface area contributed by atoms with Crippen molar-refractivity contribution in [3.63, 3.8) is 0 Å². The average Bonchev–Trinajstić information content (AvgIpc) is 3.45. The number of halogens is 1. The van der Waals surface area contributed by atoms with Crippen molar-refractivity contribution < 1.29 is 9.13 Å². The smallest absolute Gasteiger partial charge is 0.273 e. The number of imidazole rings is 1. The third-order valence-electron chi connectivity index (χ3n) is 5.87. The lowest BCUT2D eigenvalue weighted by molar-refractivity contribution is 0.177. The molecule has 0 aliphatic carbocycles. The molecule has 4 aromatic rings. The topological polar surface area (TPSA) is 55.2 Å². The third kappa shape index (κ3) is 4.92. The number of anilines is 1. The number of nitrogens with zero attached hydrogens (tertiary/aromatic N) is 4. The highest BCUT2D eigenvalue weighted by atomic mass is 32.1. The fraction of sp³-hybridized carbons (Fsp3) is 0.333. The highest BCUT2D eigenvalue weighted by Gasteiger charge is 2.21. The van der Waals surface area contributed by atoms with Gasteiger partial charge < -0.3 is 14.6 Å². The van der Waals surface area contributed by atoms with Gasteiger partial charge in [-0.1, -0.05) is 35.6 Å². The molecule has 3 heterocycles. The second-order valence-corrected chi connectivity index (χ2v) is 8.90. The van der Waals surface area contributed by atoms with Crippen molar-refractivity contribution in [3.8, 4) is 5.19 Å². The minimum atomic E-state index is -0.216. The van der Waals surface area contributed by atoms with E-state index in [4.69, 9.17) is 9.72 Å². The van der Waals surface area contributed by atoms with Gasteiger partial charge in [-0.3, -0.25) is 4.90 Å². The van der Waals surface area contributed by atoms with E-state index in [-0.39, 0.29) is 5.82 Å². The van der Waals surface area contributed by atoms with Gasteiger partial charge in [0.05, 0.1) is 17.6 Å². The number of nitrogens with one attached hydrogen (secondary N) is 1. The van der Waals surface area contributed by atoms with Crippen LogP contribution in [0.15, 0.2) is 60.1 Å². The summed E-state index contributed by atoms with van der Waals surface area (Å²) in [6, 6.07) is 15.2. The largest absolute Gasteiger partial charge is 0.469 e. The molecule has 0 unspecified atom stereocenters. The Bertz CT molecular complexity index is 1140. The Hall–Kier alpha value is -2.97. The number of thiazole rings is 1. The van der Waals surface area contributed by atoms with Crippen LogP contribution in [0.5, 0.6) is 5.19 Å². The summed E-state index contributed by atoms with van der Waals surface area (Å²) in [7, 11) is 0. The van der Waals surface area contributed by atoms with Crippen molar-refractivity contribution in [2.75, 3.05) is 31.6 Å². The molecule has 0 atom stereocenters. The molecule has 0 saturated carbocycles. The lowest BCUT2D eigenvalue weighted by Gasteiger charge is -2.32. The molecule has 2 aromatic carbocycles. The molecule has 2 aromatic heterocycles.